The highest BCUT2D eigenvalue weighted by Gasteiger charge is 2.39. The van der Waals surface area contributed by atoms with Crippen LogP contribution in [0.4, 0.5) is 18.9 Å². The van der Waals surface area contributed by atoms with Crippen molar-refractivity contribution in [2.24, 2.45) is 5.92 Å². The highest BCUT2D eigenvalue weighted by Crippen LogP contribution is 2.38. The number of amides is 1. The Bertz CT molecular complexity index is 516. The van der Waals surface area contributed by atoms with Crippen LogP contribution in [-0.4, -0.2) is 31.1 Å². The molecule has 0 saturated heterocycles. The molecule has 0 aliphatic carbocycles. The number of nitrogens with zero attached hydrogens (tertiary/aromatic N) is 1. The zero-order valence-electron chi connectivity index (χ0n) is 13.6. The van der Waals surface area contributed by atoms with Crippen molar-refractivity contribution < 1.29 is 18.0 Å². The van der Waals surface area contributed by atoms with Gasteiger partial charge in [0.1, 0.15) is 0 Å². The highest BCUT2D eigenvalue weighted by atomic mass is 19.4. The number of anilines is 1. The molecule has 1 N–H and O–H groups in total. The fraction of sp³-hybridized carbons (Fsp3) is 0.562. The molecule has 3 nitrogen and oxygen atoms in total. The molecule has 0 aliphatic heterocycles. The van der Waals surface area contributed by atoms with Crippen LogP contribution in [0.25, 0.3) is 0 Å². The number of hydrogen-bond donors (Lipinski definition) is 1. The highest BCUT2D eigenvalue weighted by molar-refractivity contribution is 5.94. The van der Waals surface area contributed by atoms with E-state index in [2.05, 4.69) is 18.7 Å². The summed E-state index contributed by atoms with van der Waals surface area (Å²) in [6, 6.07) is 6.63. The molecule has 1 aromatic rings. The van der Waals surface area contributed by atoms with Gasteiger partial charge in [0, 0.05) is 11.2 Å². The van der Waals surface area contributed by atoms with Gasteiger partial charge in [-0.25, -0.2) is 0 Å². The summed E-state index contributed by atoms with van der Waals surface area (Å²) >= 11 is 0. The summed E-state index contributed by atoms with van der Waals surface area (Å²) in [5.74, 6) is -1.71. The van der Waals surface area contributed by atoms with Gasteiger partial charge in [0.25, 0.3) is 0 Å². The summed E-state index contributed by atoms with van der Waals surface area (Å²) in [5, 5.41) is 1.91. The number of halogens is 3. The minimum atomic E-state index is -4.89. The summed E-state index contributed by atoms with van der Waals surface area (Å²) in [6.07, 6.45) is -4.09. The van der Waals surface area contributed by atoms with Crippen molar-refractivity contribution in [3.8, 4) is 0 Å². The average molecular weight is 316 g/mol. The molecule has 6 heteroatoms. The second-order valence-corrected chi connectivity index (χ2v) is 5.86. The third kappa shape index (κ3) is 3.61. The summed E-state index contributed by atoms with van der Waals surface area (Å²) in [6.45, 7) is 6.19. The number of alkyl halides is 3. The second kappa shape index (κ2) is 6.69. The van der Waals surface area contributed by atoms with Gasteiger partial charge < -0.3 is 5.32 Å². The molecule has 0 radical (unpaired) electrons. The number of benzene rings is 1. The van der Waals surface area contributed by atoms with E-state index in [0.717, 1.165) is 12.0 Å². The molecule has 0 saturated carbocycles. The Morgan fingerprint density at radius 3 is 2.27 bits per heavy atom. The lowest BCUT2D eigenvalue weighted by molar-refractivity contribution is -0.167. The van der Waals surface area contributed by atoms with E-state index in [4.69, 9.17) is 0 Å². The van der Waals surface area contributed by atoms with Gasteiger partial charge in [0.05, 0.1) is 0 Å². The number of carbonyl (C=O) groups is 1. The Labute approximate surface area is 129 Å². The van der Waals surface area contributed by atoms with Crippen molar-refractivity contribution in [1.82, 2.24) is 4.90 Å². The van der Waals surface area contributed by atoms with Crippen molar-refractivity contribution in [3.05, 3.63) is 29.8 Å². The normalized spacial score (nSPS) is 15.0. The first-order chi connectivity index (χ1) is 10.1. The Morgan fingerprint density at radius 2 is 1.86 bits per heavy atom. The zero-order chi connectivity index (χ0) is 17.1. The molecule has 1 aromatic carbocycles. The van der Waals surface area contributed by atoms with E-state index in [9.17, 15) is 18.0 Å². The van der Waals surface area contributed by atoms with E-state index < -0.39 is 12.1 Å². The van der Waals surface area contributed by atoms with Crippen LogP contribution < -0.4 is 5.32 Å². The summed E-state index contributed by atoms with van der Waals surface area (Å²) in [5.41, 5.74) is 0.731. The maximum absolute atomic E-state index is 12.4. The third-order valence-corrected chi connectivity index (χ3v) is 4.17. The Kier molecular flexibility index (Phi) is 5.62. The molecular weight excluding hydrogens is 293 g/mol. The SMILES string of the molecule is CC[C@@](c1cccc(NC(=O)C(F)(F)F)c1)(C(C)C)N(C)C. The Balaban J connectivity index is 3.22. The minimum absolute atomic E-state index is 0.153. The smallest absolute Gasteiger partial charge is 0.318 e. The van der Waals surface area contributed by atoms with E-state index in [1.165, 1.54) is 6.07 Å². The molecule has 0 fully saturated rings. The van der Waals surface area contributed by atoms with Crippen LogP contribution in [0.5, 0.6) is 0 Å². The number of hydrogen-bond acceptors (Lipinski definition) is 2. The quantitative estimate of drug-likeness (QED) is 0.890. The Morgan fingerprint density at radius 1 is 1.27 bits per heavy atom. The number of nitrogens with one attached hydrogen (secondary N) is 1. The Hall–Kier alpha value is -1.56. The molecule has 124 valence electrons. The molecule has 0 unspecified atom stereocenters. The lowest BCUT2D eigenvalue weighted by atomic mass is 9.76. The minimum Gasteiger partial charge on any atom is -0.318 e. The van der Waals surface area contributed by atoms with Crippen molar-refractivity contribution in [2.45, 2.75) is 38.9 Å². The summed E-state index contributed by atoms with van der Waals surface area (Å²) in [7, 11) is 3.90. The van der Waals surface area contributed by atoms with Crippen LogP contribution in [0.2, 0.25) is 0 Å². The zero-order valence-corrected chi connectivity index (χ0v) is 13.6. The van der Waals surface area contributed by atoms with Crippen molar-refractivity contribution in [2.75, 3.05) is 19.4 Å². The van der Waals surface area contributed by atoms with Crippen molar-refractivity contribution >= 4 is 11.6 Å². The fourth-order valence-corrected chi connectivity index (χ4v) is 3.10. The van der Waals surface area contributed by atoms with Gasteiger partial charge in [-0.1, -0.05) is 32.9 Å². The fourth-order valence-electron chi connectivity index (χ4n) is 3.10. The van der Waals surface area contributed by atoms with Crippen LogP contribution in [0.15, 0.2) is 24.3 Å². The van der Waals surface area contributed by atoms with E-state index in [0.29, 0.717) is 0 Å². The lowest BCUT2D eigenvalue weighted by Gasteiger charge is -2.43. The molecule has 1 atom stereocenters. The monoisotopic (exact) mass is 316 g/mol. The van der Waals surface area contributed by atoms with Gasteiger partial charge in [0.15, 0.2) is 0 Å². The van der Waals surface area contributed by atoms with E-state index in [1.54, 1.807) is 12.1 Å². The van der Waals surface area contributed by atoms with Gasteiger partial charge in [-0.15, -0.1) is 0 Å². The number of rotatable bonds is 5. The lowest BCUT2D eigenvalue weighted by Crippen LogP contribution is -2.45. The first-order valence-electron chi connectivity index (χ1n) is 7.21. The number of carbonyl (C=O) groups excluding carboxylic acids is 1. The predicted octanol–water partition coefficient (Wildman–Crippen LogP) is 4.01. The first kappa shape index (κ1) is 18.5. The molecule has 22 heavy (non-hydrogen) atoms. The summed E-state index contributed by atoms with van der Waals surface area (Å²) in [4.78, 5) is 13.2. The molecule has 0 aromatic heterocycles. The predicted molar refractivity (Wildman–Crippen MR) is 81.6 cm³/mol. The molecule has 0 spiro atoms. The largest absolute Gasteiger partial charge is 0.471 e. The van der Waals surface area contributed by atoms with Crippen LogP contribution >= 0.6 is 0 Å². The first-order valence-corrected chi connectivity index (χ1v) is 7.21. The topological polar surface area (TPSA) is 32.3 Å². The van der Waals surface area contributed by atoms with Crippen LogP contribution in [0.1, 0.15) is 32.8 Å². The second-order valence-electron chi connectivity index (χ2n) is 5.86. The van der Waals surface area contributed by atoms with Crippen molar-refractivity contribution in [3.63, 3.8) is 0 Å². The van der Waals surface area contributed by atoms with E-state index in [-0.39, 0.29) is 17.1 Å². The van der Waals surface area contributed by atoms with Gasteiger partial charge in [-0.05, 0) is 44.1 Å². The molecule has 0 aliphatic rings. The van der Waals surface area contributed by atoms with Gasteiger partial charge in [-0.2, -0.15) is 13.2 Å². The average Bonchev–Trinajstić information content (AvgIpc) is 2.38. The third-order valence-electron chi connectivity index (χ3n) is 4.17. The maximum Gasteiger partial charge on any atom is 0.471 e. The molecule has 0 bridgehead atoms. The standard InChI is InChI=1S/C16H23F3N2O/c1-6-15(11(2)3,21(4)5)12-8-7-9-13(10-12)20-14(22)16(17,18)19/h7-11H,6H2,1-5H3,(H,20,22)/t15-/m0/s1. The summed E-state index contributed by atoms with van der Waals surface area (Å²) < 4.78 is 37.1. The van der Waals surface area contributed by atoms with Gasteiger partial charge in [0.2, 0.25) is 0 Å². The van der Waals surface area contributed by atoms with Gasteiger partial charge >= 0.3 is 12.1 Å². The van der Waals surface area contributed by atoms with E-state index >= 15 is 0 Å². The molecule has 0 heterocycles. The van der Waals surface area contributed by atoms with Gasteiger partial charge in [-0.3, -0.25) is 9.69 Å². The molecule has 1 rings (SSSR count). The van der Waals surface area contributed by atoms with Crippen LogP contribution in [0.3, 0.4) is 0 Å². The van der Waals surface area contributed by atoms with Crippen LogP contribution in [-0.2, 0) is 10.3 Å². The maximum atomic E-state index is 12.4. The van der Waals surface area contributed by atoms with Crippen LogP contribution in [0, 0.1) is 5.92 Å². The van der Waals surface area contributed by atoms with Crippen molar-refractivity contribution in [1.29, 1.82) is 0 Å². The molecular formula is C16H23F3N2O. The van der Waals surface area contributed by atoms with E-state index in [1.807, 2.05) is 32.4 Å². The molecule has 1 amide bonds.